The molecule has 2 bridgehead atoms. The van der Waals surface area contributed by atoms with Gasteiger partial charge >= 0.3 is 12.1 Å². The van der Waals surface area contributed by atoms with Crippen LogP contribution in [-0.4, -0.2) is 39.8 Å². The minimum Gasteiger partial charge on any atom is -0.480 e. The highest BCUT2D eigenvalue weighted by Crippen LogP contribution is 2.48. The molecule has 0 spiro atoms. The molecule has 124 valence electrons. The Bertz CT molecular complexity index is 466. The van der Waals surface area contributed by atoms with Crippen molar-refractivity contribution in [2.45, 2.75) is 77.0 Å². The summed E-state index contributed by atoms with van der Waals surface area (Å²) in [5.74, 6) is 0.451. The van der Waals surface area contributed by atoms with Crippen molar-refractivity contribution >= 4 is 12.1 Å². The monoisotopic (exact) mass is 309 g/mol. The maximum Gasteiger partial charge on any atom is 0.411 e. The molecule has 4 atom stereocenters. The molecule has 0 unspecified atom stereocenters. The van der Waals surface area contributed by atoms with Crippen LogP contribution in [0.25, 0.3) is 0 Å². The highest BCUT2D eigenvalue weighted by molar-refractivity contribution is 5.81. The van der Waals surface area contributed by atoms with E-state index < -0.39 is 23.7 Å². The van der Waals surface area contributed by atoms with Crippen molar-refractivity contribution in [3.8, 4) is 0 Å². The zero-order valence-corrected chi connectivity index (χ0v) is 13.7. The van der Waals surface area contributed by atoms with Crippen LogP contribution in [0.2, 0.25) is 0 Å². The Morgan fingerprint density at radius 2 is 1.86 bits per heavy atom. The Labute approximate surface area is 132 Å². The Morgan fingerprint density at radius 1 is 1.18 bits per heavy atom. The van der Waals surface area contributed by atoms with Crippen LogP contribution in [0.4, 0.5) is 4.79 Å². The lowest BCUT2D eigenvalue weighted by atomic mass is 9.67. The molecule has 2 saturated carbocycles. The summed E-state index contributed by atoms with van der Waals surface area (Å²) < 4.78 is 5.50. The van der Waals surface area contributed by atoms with E-state index in [1.54, 1.807) is 4.90 Å². The van der Waals surface area contributed by atoms with Crippen molar-refractivity contribution in [1.82, 2.24) is 4.90 Å². The highest BCUT2D eigenvalue weighted by atomic mass is 16.6. The van der Waals surface area contributed by atoms with E-state index in [9.17, 15) is 14.7 Å². The molecule has 5 nitrogen and oxygen atoms in total. The summed E-state index contributed by atoms with van der Waals surface area (Å²) in [6, 6.07) is -0.661. The normalized spacial score (nSPS) is 34.6. The van der Waals surface area contributed by atoms with Crippen molar-refractivity contribution in [1.29, 1.82) is 0 Å². The van der Waals surface area contributed by atoms with Crippen molar-refractivity contribution in [2.24, 2.45) is 17.8 Å². The fourth-order valence-corrected chi connectivity index (χ4v) is 4.29. The SMILES string of the molecule is CC(C)(C)OC(=O)N1[C@H](C(=O)O)[C@@H]2CC[C@H]1[C@@H](CC1CC1)C2. The second-order valence-electron chi connectivity index (χ2n) is 8.25. The van der Waals surface area contributed by atoms with Crippen LogP contribution >= 0.6 is 0 Å². The number of carboxylic acid groups (broad SMARTS) is 1. The number of piperidine rings is 2. The van der Waals surface area contributed by atoms with Crippen molar-refractivity contribution in [2.75, 3.05) is 0 Å². The maximum atomic E-state index is 12.6. The lowest BCUT2D eigenvalue weighted by Crippen LogP contribution is -2.64. The van der Waals surface area contributed by atoms with Crippen LogP contribution < -0.4 is 0 Å². The van der Waals surface area contributed by atoms with Gasteiger partial charge in [-0.3, -0.25) is 4.90 Å². The molecule has 4 rings (SSSR count). The number of amides is 1. The first-order valence-electron chi connectivity index (χ1n) is 8.50. The molecule has 1 N–H and O–H groups in total. The van der Waals surface area contributed by atoms with Crippen LogP contribution in [0, 0.1) is 17.8 Å². The third kappa shape index (κ3) is 3.08. The van der Waals surface area contributed by atoms with Gasteiger partial charge in [0.1, 0.15) is 11.6 Å². The molecule has 4 aliphatic rings. The summed E-state index contributed by atoms with van der Waals surface area (Å²) in [4.78, 5) is 25.9. The predicted molar refractivity (Wildman–Crippen MR) is 81.5 cm³/mol. The van der Waals surface area contributed by atoms with Crippen LogP contribution in [0.1, 0.15) is 59.3 Å². The van der Waals surface area contributed by atoms with E-state index in [2.05, 4.69) is 0 Å². The minimum absolute atomic E-state index is 0.0431. The van der Waals surface area contributed by atoms with E-state index in [1.165, 1.54) is 12.8 Å². The fraction of sp³-hybridized carbons (Fsp3) is 0.882. The van der Waals surface area contributed by atoms with Gasteiger partial charge in [-0.25, -0.2) is 9.59 Å². The molecule has 2 heterocycles. The van der Waals surface area contributed by atoms with E-state index in [0.29, 0.717) is 5.92 Å². The van der Waals surface area contributed by atoms with Gasteiger partial charge < -0.3 is 9.84 Å². The number of hydrogen-bond donors (Lipinski definition) is 1. The third-order valence-corrected chi connectivity index (χ3v) is 5.28. The largest absolute Gasteiger partial charge is 0.480 e. The standard InChI is InChI=1S/C17H27NO4/c1-17(2,3)22-16(21)18-13-7-6-11(14(18)15(19)20)9-12(13)8-10-4-5-10/h10-14H,4-9H2,1-3H3,(H,19,20)/t11-,12+,13+,14+/m1/s1. The Kier molecular flexibility index (Phi) is 3.86. The molecular formula is C17H27NO4. The number of carboxylic acids is 1. The molecular weight excluding hydrogens is 282 g/mol. The number of fused-ring (bicyclic) bond motifs is 3. The second kappa shape index (κ2) is 5.43. The number of ether oxygens (including phenoxy) is 1. The molecule has 22 heavy (non-hydrogen) atoms. The summed E-state index contributed by atoms with van der Waals surface area (Å²) in [6.07, 6.45) is 6.08. The molecule has 0 aromatic heterocycles. The number of nitrogens with zero attached hydrogens (tertiary/aromatic N) is 1. The Hall–Kier alpha value is -1.26. The summed E-state index contributed by atoms with van der Waals surface area (Å²) in [5.41, 5.74) is -0.594. The average Bonchev–Trinajstić information content (AvgIpc) is 3.20. The molecule has 4 fully saturated rings. The number of rotatable bonds is 3. The van der Waals surface area contributed by atoms with E-state index in [1.807, 2.05) is 20.8 Å². The lowest BCUT2D eigenvalue weighted by molar-refractivity contribution is -0.155. The summed E-state index contributed by atoms with van der Waals surface area (Å²) in [6.45, 7) is 5.47. The first-order chi connectivity index (χ1) is 10.3. The average molecular weight is 309 g/mol. The predicted octanol–water partition coefficient (Wildman–Crippen LogP) is 3.28. The van der Waals surface area contributed by atoms with Gasteiger partial charge in [-0.1, -0.05) is 12.8 Å². The maximum absolute atomic E-state index is 12.6. The lowest BCUT2D eigenvalue weighted by Gasteiger charge is -2.53. The van der Waals surface area contributed by atoms with E-state index in [-0.39, 0.29) is 12.0 Å². The zero-order valence-electron chi connectivity index (χ0n) is 13.7. The van der Waals surface area contributed by atoms with Gasteiger partial charge in [0, 0.05) is 6.04 Å². The topological polar surface area (TPSA) is 66.8 Å². The van der Waals surface area contributed by atoms with Crippen LogP contribution in [0.15, 0.2) is 0 Å². The number of aliphatic carboxylic acids is 1. The van der Waals surface area contributed by atoms with Gasteiger partial charge in [-0.15, -0.1) is 0 Å². The third-order valence-electron chi connectivity index (χ3n) is 5.28. The van der Waals surface area contributed by atoms with Gasteiger partial charge in [0.15, 0.2) is 0 Å². The molecule has 2 aliphatic heterocycles. The molecule has 5 heteroatoms. The van der Waals surface area contributed by atoms with Crippen LogP contribution in [0.3, 0.4) is 0 Å². The molecule has 0 radical (unpaired) electrons. The number of carbonyl (C=O) groups is 2. The van der Waals surface area contributed by atoms with Gasteiger partial charge in [0.2, 0.25) is 0 Å². The van der Waals surface area contributed by atoms with Gasteiger partial charge in [0.05, 0.1) is 0 Å². The summed E-state index contributed by atoms with van der Waals surface area (Å²) in [5, 5.41) is 9.61. The zero-order chi connectivity index (χ0) is 16.1. The number of hydrogen-bond acceptors (Lipinski definition) is 3. The molecule has 0 aromatic rings. The van der Waals surface area contributed by atoms with Crippen LogP contribution in [-0.2, 0) is 9.53 Å². The second-order valence-corrected chi connectivity index (χ2v) is 8.25. The van der Waals surface area contributed by atoms with Gasteiger partial charge in [0.25, 0.3) is 0 Å². The minimum atomic E-state index is -0.884. The summed E-state index contributed by atoms with van der Waals surface area (Å²) in [7, 11) is 0. The van der Waals surface area contributed by atoms with E-state index in [0.717, 1.165) is 31.6 Å². The van der Waals surface area contributed by atoms with E-state index >= 15 is 0 Å². The molecule has 2 aliphatic carbocycles. The highest BCUT2D eigenvalue weighted by Gasteiger charge is 2.53. The molecule has 1 amide bonds. The van der Waals surface area contributed by atoms with Crippen LogP contribution in [0.5, 0.6) is 0 Å². The quantitative estimate of drug-likeness (QED) is 0.869. The van der Waals surface area contributed by atoms with Crippen molar-refractivity contribution < 1.29 is 19.4 Å². The van der Waals surface area contributed by atoms with Gasteiger partial charge in [-0.2, -0.15) is 0 Å². The van der Waals surface area contributed by atoms with Crippen molar-refractivity contribution in [3.63, 3.8) is 0 Å². The first-order valence-corrected chi connectivity index (χ1v) is 8.50. The van der Waals surface area contributed by atoms with E-state index in [4.69, 9.17) is 4.74 Å². The Balaban J connectivity index is 1.81. The summed E-state index contributed by atoms with van der Waals surface area (Å²) >= 11 is 0. The first kappa shape index (κ1) is 15.6. The Morgan fingerprint density at radius 3 is 2.41 bits per heavy atom. The van der Waals surface area contributed by atoms with Gasteiger partial charge in [-0.05, 0) is 64.2 Å². The smallest absolute Gasteiger partial charge is 0.411 e. The molecule has 2 saturated heterocycles. The van der Waals surface area contributed by atoms with Crippen molar-refractivity contribution in [3.05, 3.63) is 0 Å². The number of carbonyl (C=O) groups excluding carboxylic acids is 1. The fourth-order valence-electron chi connectivity index (χ4n) is 4.29. The molecule has 0 aromatic carbocycles.